The molecule has 31 heavy (non-hydrogen) atoms. The maximum absolute atomic E-state index is 13.8. The highest BCUT2D eigenvalue weighted by atomic mass is 16.5. The minimum absolute atomic E-state index is 0.111. The molecule has 3 saturated carbocycles. The van der Waals surface area contributed by atoms with Gasteiger partial charge in [-0.25, -0.2) is 0 Å². The van der Waals surface area contributed by atoms with Gasteiger partial charge in [0.1, 0.15) is 5.78 Å². The second-order valence-corrected chi connectivity index (χ2v) is 11.3. The molecule has 3 unspecified atom stereocenters. The van der Waals surface area contributed by atoms with Gasteiger partial charge in [-0.05, 0) is 92.8 Å². The van der Waals surface area contributed by atoms with Gasteiger partial charge in [0.2, 0.25) is 0 Å². The van der Waals surface area contributed by atoms with Crippen LogP contribution in [-0.4, -0.2) is 30.1 Å². The summed E-state index contributed by atoms with van der Waals surface area (Å²) in [5.41, 5.74) is 0.221. The van der Waals surface area contributed by atoms with Crippen molar-refractivity contribution in [2.45, 2.75) is 104 Å². The largest absolute Gasteiger partial charge is 0.469 e. The van der Waals surface area contributed by atoms with Crippen molar-refractivity contribution in [3.05, 3.63) is 0 Å². The Morgan fingerprint density at radius 1 is 1.23 bits per heavy atom. The lowest BCUT2D eigenvalue weighted by atomic mass is 9.50. The average Bonchev–Trinajstić information content (AvgIpc) is 3.09. The summed E-state index contributed by atoms with van der Waals surface area (Å²) >= 11 is 0. The van der Waals surface area contributed by atoms with Crippen LogP contribution < -0.4 is 0 Å². The first-order valence-corrected chi connectivity index (χ1v) is 13.0. The third-order valence-electron chi connectivity index (χ3n) is 9.70. The van der Waals surface area contributed by atoms with E-state index >= 15 is 0 Å². The summed E-state index contributed by atoms with van der Waals surface area (Å²) in [6, 6.07) is 0. The summed E-state index contributed by atoms with van der Waals surface area (Å²) in [6.07, 6.45) is 10.5. The Hall–Kier alpha value is -0.900. The monoisotopic (exact) mass is 434 g/mol. The molecule has 3 fully saturated rings. The highest BCUT2D eigenvalue weighted by molar-refractivity contribution is 5.85. The van der Waals surface area contributed by atoms with Crippen molar-refractivity contribution in [3.8, 4) is 0 Å². The molecular weight excluding hydrogens is 388 g/mol. The van der Waals surface area contributed by atoms with Crippen molar-refractivity contribution in [2.75, 3.05) is 7.11 Å². The number of Topliss-reactive ketones (excluding diaryl/α,β-unsaturated/α-hetero) is 1. The van der Waals surface area contributed by atoms with E-state index in [1.807, 2.05) is 0 Å². The van der Waals surface area contributed by atoms with E-state index in [2.05, 4.69) is 27.7 Å². The number of fused-ring (bicyclic) bond motifs is 3. The lowest BCUT2D eigenvalue weighted by molar-refractivity contribution is -0.146. The fourth-order valence-corrected chi connectivity index (χ4v) is 8.17. The molecule has 3 rings (SSSR count). The lowest BCUT2D eigenvalue weighted by Crippen LogP contribution is -2.51. The molecule has 3 aliphatic carbocycles. The van der Waals surface area contributed by atoms with Crippen LogP contribution >= 0.6 is 0 Å². The van der Waals surface area contributed by atoms with Gasteiger partial charge in [-0.3, -0.25) is 9.59 Å². The maximum atomic E-state index is 13.8. The molecule has 9 atom stereocenters. The number of ketones is 1. The number of aliphatic hydroxyl groups excluding tert-OH is 1. The molecule has 0 spiro atoms. The van der Waals surface area contributed by atoms with Gasteiger partial charge in [0.15, 0.2) is 0 Å². The SMILES string of the molecule is CCC[C@H](O)C[C@@H]1CC2CC[C@@]3(C)C(CC[C@@H]3[C@H](C)CCC(=O)OC)C2C(=O)[C@@H]1CC. The average molecular weight is 435 g/mol. The van der Waals surface area contributed by atoms with Gasteiger partial charge >= 0.3 is 5.97 Å². The number of carbonyl (C=O) groups excluding carboxylic acids is 2. The molecule has 4 heteroatoms. The Morgan fingerprint density at radius 2 is 1.97 bits per heavy atom. The van der Waals surface area contributed by atoms with Crippen LogP contribution in [0.1, 0.15) is 98.3 Å². The number of hydrogen-bond acceptors (Lipinski definition) is 4. The number of esters is 1. The summed E-state index contributed by atoms with van der Waals surface area (Å²) in [6.45, 7) is 9.03. The Morgan fingerprint density at radius 3 is 2.61 bits per heavy atom. The van der Waals surface area contributed by atoms with Crippen molar-refractivity contribution in [1.29, 1.82) is 0 Å². The van der Waals surface area contributed by atoms with Gasteiger partial charge in [-0.15, -0.1) is 0 Å². The van der Waals surface area contributed by atoms with Gasteiger partial charge < -0.3 is 9.84 Å². The second-order valence-electron chi connectivity index (χ2n) is 11.3. The first kappa shape index (κ1) is 24.7. The molecule has 0 heterocycles. The summed E-state index contributed by atoms with van der Waals surface area (Å²) in [4.78, 5) is 25.5. The molecule has 0 aliphatic heterocycles. The number of rotatable bonds is 9. The third-order valence-corrected chi connectivity index (χ3v) is 9.70. The van der Waals surface area contributed by atoms with Gasteiger partial charge in [0, 0.05) is 18.3 Å². The minimum atomic E-state index is -0.256. The Labute approximate surface area is 189 Å². The predicted molar refractivity (Wildman–Crippen MR) is 123 cm³/mol. The van der Waals surface area contributed by atoms with Crippen LogP contribution in [0.2, 0.25) is 0 Å². The normalized spacial score (nSPS) is 39.5. The Kier molecular flexibility index (Phi) is 8.27. The van der Waals surface area contributed by atoms with E-state index in [4.69, 9.17) is 4.74 Å². The smallest absolute Gasteiger partial charge is 0.305 e. The summed E-state index contributed by atoms with van der Waals surface area (Å²) in [5.74, 6) is 3.22. The van der Waals surface area contributed by atoms with Crippen LogP contribution in [0.3, 0.4) is 0 Å². The first-order chi connectivity index (χ1) is 14.8. The van der Waals surface area contributed by atoms with Crippen LogP contribution in [0, 0.1) is 46.8 Å². The highest BCUT2D eigenvalue weighted by Crippen LogP contribution is 2.63. The summed E-state index contributed by atoms with van der Waals surface area (Å²) < 4.78 is 4.86. The van der Waals surface area contributed by atoms with Crippen LogP contribution in [-0.2, 0) is 14.3 Å². The van der Waals surface area contributed by atoms with Crippen molar-refractivity contribution in [1.82, 2.24) is 0 Å². The standard InChI is InChI=1S/C27H46O4/c1-6-8-20(28)16-19-15-18-13-14-27(4)22(17(3)9-12-24(29)31-5)10-11-23(27)25(18)26(30)21(19)7-2/h17-23,25,28H,6-16H2,1-5H3/t17-,18?,19+,20+,21-,22-,23?,25?,27-/m1/s1. The van der Waals surface area contributed by atoms with E-state index in [1.54, 1.807) is 0 Å². The molecule has 0 aromatic carbocycles. The molecule has 0 saturated heterocycles. The molecule has 4 nitrogen and oxygen atoms in total. The molecule has 178 valence electrons. The number of methoxy groups -OCH3 is 1. The molecule has 3 aliphatic rings. The Bertz CT molecular complexity index is 631. The van der Waals surface area contributed by atoms with Gasteiger partial charge in [-0.2, -0.15) is 0 Å². The molecule has 0 radical (unpaired) electrons. The zero-order valence-corrected chi connectivity index (χ0v) is 20.6. The molecule has 1 N–H and O–H groups in total. The van der Waals surface area contributed by atoms with E-state index in [0.717, 1.165) is 51.4 Å². The van der Waals surface area contributed by atoms with Crippen LogP contribution in [0.5, 0.6) is 0 Å². The molecule has 0 bridgehead atoms. The van der Waals surface area contributed by atoms with E-state index in [-0.39, 0.29) is 29.3 Å². The third kappa shape index (κ3) is 4.89. The fraction of sp³-hybridized carbons (Fsp3) is 0.926. The van der Waals surface area contributed by atoms with E-state index in [9.17, 15) is 14.7 Å². The van der Waals surface area contributed by atoms with Crippen LogP contribution in [0.15, 0.2) is 0 Å². The topological polar surface area (TPSA) is 63.6 Å². The lowest BCUT2D eigenvalue weighted by Gasteiger charge is -2.53. The number of ether oxygens (including phenoxy) is 1. The molecule has 0 aromatic rings. The molecular formula is C27H46O4. The van der Waals surface area contributed by atoms with Crippen LogP contribution in [0.25, 0.3) is 0 Å². The van der Waals surface area contributed by atoms with Gasteiger partial charge in [0.05, 0.1) is 13.2 Å². The first-order valence-electron chi connectivity index (χ1n) is 13.0. The van der Waals surface area contributed by atoms with E-state index in [0.29, 0.717) is 41.8 Å². The van der Waals surface area contributed by atoms with E-state index in [1.165, 1.54) is 20.0 Å². The maximum Gasteiger partial charge on any atom is 0.305 e. The number of aliphatic hydroxyl groups is 1. The fourth-order valence-electron chi connectivity index (χ4n) is 8.17. The molecule has 0 aromatic heterocycles. The minimum Gasteiger partial charge on any atom is -0.469 e. The molecule has 0 amide bonds. The summed E-state index contributed by atoms with van der Waals surface area (Å²) in [7, 11) is 1.47. The number of hydrogen-bond donors (Lipinski definition) is 1. The quantitative estimate of drug-likeness (QED) is 0.466. The zero-order valence-electron chi connectivity index (χ0n) is 20.6. The zero-order chi connectivity index (χ0) is 22.8. The van der Waals surface area contributed by atoms with Crippen LogP contribution in [0.4, 0.5) is 0 Å². The van der Waals surface area contributed by atoms with E-state index < -0.39 is 0 Å². The van der Waals surface area contributed by atoms with Crippen molar-refractivity contribution in [3.63, 3.8) is 0 Å². The summed E-state index contributed by atoms with van der Waals surface area (Å²) in [5, 5.41) is 10.4. The second kappa shape index (κ2) is 10.4. The highest BCUT2D eigenvalue weighted by Gasteiger charge is 2.59. The predicted octanol–water partition coefficient (Wildman–Crippen LogP) is 5.80. The van der Waals surface area contributed by atoms with Gasteiger partial charge in [0.25, 0.3) is 0 Å². The van der Waals surface area contributed by atoms with Gasteiger partial charge in [-0.1, -0.05) is 34.1 Å². The van der Waals surface area contributed by atoms with Crippen molar-refractivity contribution < 1.29 is 19.4 Å². The van der Waals surface area contributed by atoms with Crippen molar-refractivity contribution >= 4 is 11.8 Å². The Balaban J connectivity index is 1.73. The number of carbonyl (C=O) groups is 2. The van der Waals surface area contributed by atoms with Crippen molar-refractivity contribution in [2.24, 2.45) is 46.8 Å².